The van der Waals surface area contributed by atoms with Crippen LogP contribution in [-0.4, -0.2) is 30.2 Å². The van der Waals surface area contributed by atoms with Gasteiger partial charge in [-0.25, -0.2) is 0 Å². The van der Waals surface area contributed by atoms with Gasteiger partial charge in [-0.15, -0.1) is 0 Å². The van der Waals surface area contributed by atoms with Crippen LogP contribution in [0.1, 0.15) is 51.5 Å². The molecule has 1 aliphatic carbocycles. The molecule has 2 aliphatic rings. The number of likely N-dealkylation sites (N-methyl/N-ethyl adjacent to an activating group) is 1. The largest absolute Gasteiger partial charge is 0.372 e. The van der Waals surface area contributed by atoms with E-state index in [-0.39, 0.29) is 11.1 Å². The van der Waals surface area contributed by atoms with Crippen molar-refractivity contribution in [3.05, 3.63) is 35.9 Å². The Bertz CT molecular complexity index is 436. The SMILES string of the molecule is CCN(CC)[C@@]1(c2ccccc2)CCCCC12CCO2. The van der Waals surface area contributed by atoms with Crippen LogP contribution in [-0.2, 0) is 10.3 Å². The van der Waals surface area contributed by atoms with Crippen molar-refractivity contribution in [2.45, 2.75) is 57.1 Å². The second-order valence-corrected chi connectivity index (χ2v) is 6.20. The van der Waals surface area contributed by atoms with Gasteiger partial charge in [-0.2, -0.15) is 0 Å². The first-order chi connectivity index (χ1) is 9.79. The lowest BCUT2D eigenvalue weighted by Gasteiger charge is -2.62. The van der Waals surface area contributed by atoms with E-state index in [1.165, 1.54) is 37.7 Å². The van der Waals surface area contributed by atoms with Crippen molar-refractivity contribution in [1.82, 2.24) is 4.90 Å². The molecule has 1 aliphatic heterocycles. The van der Waals surface area contributed by atoms with Crippen molar-refractivity contribution in [2.75, 3.05) is 19.7 Å². The molecular weight excluding hydrogens is 246 g/mol. The summed E-state index contributed by atoms with van der Waals surface area (Å²) in [6.45, 7) is 7.70. The van der Waals surface area contributed by atoms with Gasteiger partial charge in [0, 0.05) is 6.42 Å². The molecule has 0 amide bonds. The van der Waals surface area contributed by atoms with E-state index in [4.69, 9.17) is 4.74 Å². The molecule has 0 bridgehead atoms. The summed E-state index contributed by atoms with van der Waals surface area (Å²) in [5.74, 6) is 0. The van der Waals surface area contributed by atoms with Crippen LogP contribution in [0.25, 0.3) is 0 Å². The summed E-state index contributed by atoms with van der Waals surface area (Å²) < 4.78 is 6.27. The van der Waals surface area contributed by atoms with E-state index in [1.807, 2.05) is 0 Å². The van der Waals surface area contributed by atoms with Gasteiger partial charge in [0.05, 0.1) is 17.7 Å². The first-order valence-corrected chi connectivity index (χ1v) is 8.23. The summed E-state index contributed by atoms with van der Waals surface area (Å²) in [4.78, 5) is 2.65. The minimum atomic E-state index is 0.0681. The topological polar surface area (TPSA) is 12.5 Å². The Labute approximate surface area is 123 Å². The lowest BCUT2D eigenvalue weighted by molar-refractivity contribution is -0.249. The van der Waals surface area contributed by atoms with E-state index in [9.17, 15) is 0 Å². The molecule has 1 heterocycles. The molecule has 2 heteroatoms. The van der Waals surface area contributed by atoms with Crippen LogP contribution in [0.15, 0.2) is 30.3 Å². The van der Waals surface area contributed by atoms with Crippen LogP contribution in [0.2, 0.25) is 0 Å². The van der Waals surface area contributed by atoms with E-state index in [0.29, 0.717) is 0 Å². The zero-order chi connectivity index (χ0) is 14.1. The maximum Gasteiger partial charge on any atom is 0.0928 e. The monoisotopic (exact) mass is 273 g/mol. The summed E-state index contributed by atoms with van der Waals surface area (Å²) in [5, 5.41) is 0. The highest BCUT2D eigenvalue weighted by atomic mass is 16.5. The molecule has 1 unspecified atom stereocenters. The summed E-state index contributed by atoms with van der Waals surface area (Å²) in [6.07, 6.45) is 6.31. The molecular formula is C18H27NO. The van der Waals surface area contributed by atoms with Gasteiger partial charge < -0.3 is 4.74 Å². The van der Waals surface area contributed by atoms with Crippen LogP contribution >= 0.6 is 0 Å². The molecule has 110 valence electrons. The maximum absolute atomic E-state index is 6.27. The van der Waals surface area contributed by atoms with Crippen LogP contribution in [0.3, 0.4) is 0 Å². The molecule has 0 N–H and O–H groups in total. The third-order valence-corrected chi connectivity index (χ3v) is 5.56. The zero-order valence-corrected chi connectivity index (χ0v) is 12.9. The summed E-state index contributed by atoms with van der Waals surface area (Å²) >= 11 is 0. The average Bonchev–Trinajstić information content (AvgIpc) is 2.48. The van der Waals surface area contributed by atoms with Gasteiger partial charge in [-0.3, -0.25) is 4.90 Å². The Morgan fingerprint density at radius 2 is 1.65 bits per heavy atom. The first kappa shape index (κ1) is 14.1. The Morgan fingerprint density at radius 3 is 2.20 bits per heavy atom. The number of hydrogen-bond donors (Lipinski definition) is 0. The van der Waals surface area contributed by atoms with Gasteiger partial charge in [0.1, 0.15) is 0 Å². The summed E-state index contributed by atoms with van der Waals surface area (Å²) in [5.41, 5.74) is 1.62. The highest BCUT2D eigenvalue weighted by molar-refractivity contribution is 5.32. The standard InChI is InChI=1S/C18H27NO/c1-3-19(4-2)18(16-10-6-5-7-11-16)13-9-8-12-17(18)14-15-20-17/h5-7,10-11H,3-4,8-9,12-15H2,1-2H3/t17?,18-/m1/s1. The molecule has 1 spiro atoms. The Kier molecular flexibility index (Phi) is 3.87. The van der Waals surface area contributed by atoms with Crippen molar-refractivity contribution >= 4 is 0 Å². The quantitative estimate of drug-likeness (QED) is 0.823. The zero-order valence-electron chi connectivity index (χ0n) is 12.9. The van der Waals surface area contributed by atoms with E-state index in [1.54, 1.807) is 0 Å². The Balaban J connectivity index is 2.11. The fourth-order valence-corrected chi connectivity index (χ4v) is 4.61. The van der Waals surface area contributed by atoms with Crippen molar-refractivity contribution in [3.63, 3.8) is 0 Å². The van der Waals surface area contributed by atoms with Gasteiger partial charge in [0.25, 0.3) is 0 Å². The maximum atomic E-state index is 6.27. The molecule has 20 heavy (non-hydrogen) atoms. The fraction of sp³-hybridized carbons (Fsp3) is 0.667. The molecule has 2 fully saturated rings. The third-order valence-electron chi connectivity index (χ3n) is 5.56. The third kappa shape index (κ3) is 1.85. The van der Waals surface area contributed by atoms with E-state index in [0.717, 1.165) is 19.7 Å². The van der Waals surface area contributed by atoms with Gasteiger partial charge in [0.2, 0.25) is 0 Å². The van der Waals surface area contributed by atoms with Crippen molar-refractivity contribution in [3.8, 4) is 0 Å². The second-order valence-electron chi connectivity index (χ2n) is 6.20. The molecule has 1 aromatic rings. The average molecular weight is 273 g/mol. The summed E-state index contributed by atoms with van der Waals surface area (Å²) in [6, 6.07) is 11.1. The van der Waals surface area contributed by atoms with E-state index in [2.05, 4.69) is 49.1 Å². The molecule has 1 aromatic carbocycles. The number of ether oxygens (including phenoxy) is 1. The van der Waals surface area contributed by atoms with Crippen LogP contribution in [0.5, 0.6) is 0 Å². The van der Waals surface area contributed by atoms with Crippen molar-refractivity contribution in [1.29, 1.82) is 0 Å². The first-order valence-electron chi connectivity index (χ1n) is 8.23. The van der Waals surface area contributed by atoms with Crippen LogP contribution in [0, 0.1) is 0 Å². The number of rotatable bonds is 4. The van der Waals surface area contributed by atoms with Gasteiger partial charge in [-0.1, -0.05) is 57.0 Å². The number of nitrogens with zero attached hydrogens (tertiary/aromatic N) is 1. The minimum absolute atomic E-state index is 0.0681. The van der Waals surface area contributed by atoms with E-state index >= 15 is 0 Å². The van der Waals surface area contributed by atoms with Crippen molar-refractivity contribution in [2.24, 2.45) is 0 Å². The Morgan fingerprint density at radius 1 is 1.00 bits per heavy atom. The van der Waals surface area contributed by atoms with Gasteiger partial charge in [0.15, 0.2) is 0 Å². The van der Waals surface area contributed by atoms with Gasteiger partial charge in [-0.05, 0) is 31.5 Å². The van der Waals surface area contributed by atoms with Gasteiger partial charge >= 0.3 is 0 Å². The van der Waals surface area contributed by atoms with Crippen molar-refractivity contribution < 1.29 is 4.74 Å². The highest BCUT2D eigenvalue weighted by Crippen LogP contribution is 2.55. The normalized spacial score (nSPS) is 33.4. The van der Waals surface area contributed by atoms with E-state index < -0.39 is 0 Å². The smallest absolute Gasteiger partial charge is 0.0928 e. The predicted octanol–water partition coefficient (Wildman–Crippen LogP) is 3.96. The molecule has 2 nitrogen and oxygen atoms in total. The molecule has 1 saturated carbocycles. The summed E-state index contributed by atoms with van der Waals surface area (Å²) in [7, 11) is 0. The lowest BCUT2D eigenvalue weighted by atomic mass is 9.61. The fourth-order valence-electron chi connectivity index (χ4n) is 4.61. The minimum Gasteiger partial charge on any atom is -0.372 e. The molecule has 0 radical (unpaired) electrons. The molecule has 1 saturated heterocycles. The molecule has 2 atom stereocenters. The predicted molar refractivity (Wildman–Crippen MR) is 82.8 cm³/mol. The van der Waals surface area contributed by atoms with Crippen LogP contribution < -0.4 is 0 Å². The number of hydrogen-bond acceptors (Lipinski definition) is 2. The van der Waals surface area contributed by atoms with Crippen LogP contribution in [0.4, 0.5) is 0 Å². The Hall–Kier alpha value is -0.860. The molecule has 0 aromatic heterocycles. The number of benzene rings is 1. The molecule has 3 rings (SSSR count). The second kappa shape index (κ2) is 5.50. The lowest BCUT2D eigenvalue weighted by Crippen LogP contribution is -2.68. The highest BCUT2D eigenvalue weighted by Gasteiger charge is 2.60.